The predicted octanol–water partition coefficient (Wildman–Crippen LogP) is 9.04. The van der Waals surface area contributed by atoms with Crippen LogP contribution in [0.1, 0.15) is 0 Å². The summed E-state index contributed by atoms with van der Waals surface area (Å²) in [5.41, 5.74) is 7.62. The van der Waals surface area contributed by atoms with Crippen molar-refractivity contribution in [3.8, 4) is 0 Å². The van der Waals surface area contributed by atoms with E-state index in [1.54, 1.807) is 0 Å². The summed E-state index contributed by atoms with van der Waals surface area (Å²) in [4.78, 5) is 15.5. The van der Waals surface area contributed by atoms with Gasteiger partial charge in [0.25, 0.3) is 0 Å². The average Bonchev–Trinajstić information content (AvgIpc) is 3.25. The summed E-state index contributed by atoms with van der Waals surface area (Å²) < 4.78 is 0. The summed E-state index contributed by atoms with van der Waals surface area (Å²) in [6.07, 6.45) is 0. The SMILES string of the molecule is c1ccc(N2CCN(c3ccccc3)CCN(c3ccccc3)CCN(c3ccccc3)CCN(c3ccccc3)CCN(c3ccccc3)CC2)cc1. The Kier molecular flexibility index (Phi) is 13.0. The second-order valence-corrected chi connectivity index (χ2v) is 13.9. The van der Waals surface area contributed by atoms with Gasteiger partial charge >= 0.3 is 0 Å². The number of anilines is 6. The lowest BCUT2D eigenvalue weighted by Crippen LogP contribution is -2.46. The Bertz CT molecular complexity index is 1500. The molecule has 0 aromatic heterocycles. The van der Waals surface area contributed by atoms with Crippen molar-refractivity contribution in [3.05, 3.63) is 182 Å². The lowest BCUT2D eigenvalue weighted by molar-refractivity contribution is 0.653. The van der Waals surface area contributed by atoms with Crippen LogP contribution in [0.4, 0.5) is 34.1 Å². The largest absolute Gasteiger partial charge is 0.368 e. The molecule has 1 fully saturated rings. The Morgan fingerprint density at radius 3 is 0.389 bits per heavy atom. The van der Waals surface area contributed by atoms with Crippen LogP contribution in [0.2, 0.25) is 0 Å². The number of benzene rings is 6. The molecule has 0 amide bonds. The van der Waals surface area contributed by atoms with Crippen molar-refractivity contribution < 1.29 is 0 Å². The van der Waals surface area contributed by atoms with Crippen LogP contribution in [0, 0.1) is 0 Å². The number of hydrogen-bond acceptors (Lipinski definition) is 6. The fourth-order valence-corrected chi connectivity index (χ4v) is 7.50. The molecule has 0 unspecified atom stereocenters. The minimum Gasteiger partial charge on any atom is -0.368 e. The van der Waals surface area contributed by atoms with Crippen molar-refractivity contribution in [2.75, 3.05) is 108 Å². The quantitative estimate of drug-likeness (QED) is 0.170. The van der Waals surface area contributed by atoms with Gasteiger partial charge in [-0.2, -0.15) is 0 Å². The molecule has 0 aliphatic carbocycles. The Balaban J connectivity index is 1.23. The van der Waals surface area contributed by atoms with Gasteiger partial charge in [0, 0.05) is 113 Å². The van der Waals surface area contributed by atoms with E-state index in [-0.39, 0.29) is 0 Å². The van der Waals surface area contributed by atoms with E-state index in [9.17, 15) is 0 Å². The third-order valence-corrected chi connectivity index (χ3v) is 10.6. The molecule has 1 aliphatic heterocycles. The molecule has 0 saturated carbocycles. The fraction of sp³-hybridized carbons (Fsp3) is 0.250. The highest BCUT2D eigenvalue weighted by Gasteiger charge is 2.19. The van der Waals surface area contributed by atoms with E-state index >= 15 is 0 Å². The van der Waals surface area contributed by atoms with Crippen LogP contribution in [0.15, 0.2) is 182 Å². The summed E-state index contributed by atoms with van der Waals surface area (Å²) in [6, 6.07) is 65.8. The first-order valence-electron chi connectivity index (χ1n) is 19.6. The molecule has 1 heterocycles. The van der Waals surface area contributed by atoms with E-state index in [4.69, 9.17) is 0 Å². The van der Waals surface area contributed by atoms with Crippen molar-refractivity contribution in [1.82, 2.24) is 0 Å². The summed E-state index contributed by atoms with van der Waals surface area (Å²) in [7, 11) is 0. The highest BCUT2D eigenvalue weighted by molar-refractivity contribution is 5.54. The number of rotatable bonds is 6. The topological polar surface area (TPSA) is 19.4 Å². The normalized spacial score (nSPS) is 15.8. The molecule has 6 aromatic carbocycles. The standard InChI is InChI=1S/C48H54N6/c1-7-19-43(20-8-1)49-31-33-50(44-21-9-2-10-22-44)35-37-52(46-25-13-4-14-26-46)39-41-54(48-29-17-6-18-30-48)42-40-53(47-27-15-5-16-28-47)38-36-51(34-32-49)45-23-11-3-12-24-45/h1-30H,31-42H2. The molecule has 0 bridgehead atoms. The molecule has 6 nitrogen and oxygen atoms in total. The van der Waals surface area contributed by atoms with Gasteiger partial charge in [0.2, 0.25) is 0 Å². The smallest absolute Gasteiger partial charge is 0.0367 e. The fourth-order valence-electron chi connectivity index (χ4n) is 7.50. The molecular formula is C48H54N6. The van der Waals surface area contributed by atoms with Gasteiger partial charge in [-0.1, -0.05) is 109 Å². The first kappa shape index (κ1) is 36.5. The summed E-state index contributed by atoms with van der Waals surface area (Å²) in [6.45, 7) is 11.1. The maximum absolute atomic E-state index is 2.58. The zero-order chi connectivity index (χ0) is 36.6. The van der Waals surface area contributed by atoms with E-state index in [0.29, 0.717) is 0 Å². The van der Waals surface area contributed by atoms with Crippen molar-refractivity contribution in [1.29, 1.82) is 0 Å². The lowest BCUT2D eigenvalue weighted by Gasteiger charge is -2.37. The van der Waals surface area contributed by atoms with E-state index in [0.717, 1.165) is 78.5 Å². The average molecular weight is 715 g/mol. The highest BCUT2D eigenvalue weighted by Crippen LogP contribution is 2.22. The summed E-state index contributed by atoms with van der Waals surface area (Å²) in [5, 5.41) is 0. The van der Waals surface area contributed by atoms with Crippen LogP contribution in [0.5, 0.6) is 0 Å². The minimum absolute atomic E-state index is 0.921. The Morgan fingerprint density at radius 2 is 0.278 bits per heavy atom. The molecule has 0 atom stereocenters. The first-order chi connectivity index (χ1) is 26.8. The van der Waals surface area contributed by atoms with Crippen LogP contribution >= 0.6 is 0 Å². The number of nitrogens with zero attached hydrogens (tertiary/aromatic N) is 6. The second-order valence-electron chi connectivity index (χ2n) is 13.9. The molecule has 0 N–H and O–H groups in total. The van der Waals surface area contributed by atoms with Crippen LogP contribution in [0.25, 0.3) is 0 Å². The number of para-hydroxylation sites is 6. The molecule has 0 radical (unpaired) electrons. The molecule has 276 valence electrons. The van der Waals surface area contributed by atoms with Gasteiger partial charge in [0.1, 0.15) is 0 Å². The third kappa shape index (κ3) is 10.2. The zero-order valence-corrected chi connectivity index (χ0v) is 31.5. The third-order valence-electron chi connectivity index (χ3n) is 10.6. The molecular weight excluding hydrogens is 661 g/mol. The van der Waals surface area contributed by atoms with Gasteiger partial charge < -0.3 is 29.4 Å². The first-order valence-corrected chi connectivity index (χ1v) is 19.6. The maximum atomic E-state index is 2.58. The molecule has 54 heavy (non-hydrogen) atoms. The van der Waals surface area contributed by atoms with E-state index in [2.05, 4.69) is 211 Å². The van der Waals surface area contributed by atoms with Crippen LogP contribution in [-0.2, 0) is 0 Å². The van der Waals surface area contributed by atoms with Gasteiger partial charge in [-0.25, -0.2) is 0 Å². The molecule has 6 aromatic rings. The van der Waals surface area contributed by atoms with Crippen molar-refractivity contribution >= 4 is 34.1 Å². The van der Waals surface area contributed by atoms with E-state index < -0.39 is 0 Å². The van der Waals surface area contributed by atoms with E-state index in [1.165, 1.54) is 34.1 Å². The summed E-state index contributed by atoms with van der Waals surface area (Å²) >= 11 is 0. The Morgan fingerprint density at radius 1 is 0.167 bits per heavy atom. The molecule has 0 spiro atoms. The second kappa shape index (κ2) is 19.3. The van der Waals surface area contributed by atoms with Crippen molar-refractivity contribution in [3.63, 3.8) is 0 Å². The van der Waals surface area contributed by atoms with Gasteiger partial charge in [-0.05, 0) is 72.8 Å². The molecule has 7 rings (SSSR count). The Hall–Kier alpha value is -5.88. The monoisotopic (exact) mass is 714 g/mol. The lowest BCUT2D eigenvalue weighted by atomic mass is 10.2. The maximum Gasteiger partial charge on any atom is 0.0367 e. The predicted molar refractivity (Wildman–Crippen MR) is 232 cm³/mol. The van der Waals surface area contributed by atoms with E-state index in [1.807, 2.05) is 0 Å². The van der Waals surface area contributed by atoms with Crippen molar-refractivity contribution in [2.24, 2.45) is 0 Å². The zero-order valence-electron chi connectivity index (χ0n) is 31.5. The van der Waals surface area contributed by atoms with Crippen LogP contribution in [0.3, 0.4) is 0 Å². The van der Waals surface area contributed by atoms with Crippen LogP contribution in [-0.4, -0.2) is 78.5 Å². The number of hydrogen-bond donors (Lipinski definition) is 0. The molecule has 6 heteroatoms. The minimum atomic E-state index is 0.921. The summed E-state index contributed by atoms with van der Waals surface area (Å²) in [5.74, 6) is 0. The molecule has 1 saturated heterocycles. The van der Waals surface area contributed by atoms with Gasteiger partial charge in [0.05, 0.1) is 0 Å². The van der Waals surface area contributed by atoms with Gasteiger partial charge in [0.15, 0.2) is 0 Å². The van der Waals surface area contributed by atoms with Gasteiger partial charge in [-0.15, -0.1) is 0 Å². The highest BCUT2D eigenvalue weighted by atomic mass is 15.3. The van der Waals surface area contributed by atoms with Gasteiger partial charge in [-0.3, -0.25) is 0 Å². The van der Waals surface area contributed by atoms with Crippen LogP contribution < -0.4 is 29.4 Å². The molecule has 1 aliphatic rings. The Labute approximate surface area is 323 Å². The van der Waals surface area contributed by atoms with Crippen molar-refractivity contribution in [2.45, 2.75) is 0 Å².